The van der Waals surface area contributed by atoms with E-state index in [1.807, 2.05) is 7.05 Å². The number of likely N-dealkylation sites (tertiary alicyclic amines) is 1. The van der Waals surface area contributed by atoms with Crippen molar-refractivity contribution in [3.63, 3.8) is 0 Å². The van der Waals surface area contributed by atoms with Crippen LogP contribution in [0.3, 0.4) is 0 Å². The summed E-state index contributed by atoms with van der Waals surface area (Å²) in [5.74, 6) is 0.185. The van der Waals surface area contributed by atoms with Crippen LogP contribution in [-0.2, 0) is 14.3 Å². The molecule has 0 radical (unpaired) electrons. The van der Waals surface area contributed by atoms with E-state index in [9.17, 15) is 4.79 Å². The number of carbonyl (C=O) groups is 1. The summed E-state index contributed by atoms with van der Waals surface area (Å²) in [6, 6.07) is -0.0439. The third-order valence-electron chi connectivity index (χ3n) is 3.60. The van der Waals surface area contributed by atoms with Gasteiger partial charge in [-0.2, -0.15) is 0 Å². The van der Waals surface area contributed by atoms with E-state index in [2.05, 4.69) is 5.32 Å². The van der Waals surface area contributed by atoms with E-state index in [-0.39, 0.29) is 17.6 Å². The van der Waals surface area contributed by atoms with Gasteiger partial charge in [0.15, 0.2) is 0 Å². The molecule has 5 nitrogen and oxygen atoms in total. The first-order chi connectivity index (χ1) is 7.67. The molecule has 5 heteroatoms. The lowest BCUT2D eigenvalue weighted by Crippen LogP contribution is -2.48. The SMILES string of the molecule is COC1(CNC2CCN(C)C2=O)CCOC1. The molecule has 2 atom stereocenters. The Morgan fingerprint density at radius 2 is 2.50 bits per heavy atom. The molecule has 2 saturated heterocycles. The molecule has 2 rings (SSSR count). The molecule has 0 bridgehead atoms. The molecule has 2 aliphatic rings. The monoisotopic (exact) mass is 228 g/mol. The lowest BCUT2D eigenvalue weighted by Gasteiger charge is -2.27. The van der Waals surface area contributed by atoms with E-state index in [1.54, 1.807) is 12.0 Å². The van der Waals surface area contributed by atoms with E-state index in [4.69, 9.17) is 9.47 Å². The summed E-state index contributed by atoms with van der Waals surface area (Å²) < 4.78 is 10.9. The molecule has 2 unspecified atom stereocenters. The smallest absolute Gasteiger partial charge is 0.239 e. The maximum atomic E-state index is 11.7. The second kappa shape index (κ2) is 4.69. The van der Waals surface area contributed by atoms with Gasteiger partial charge in [0.25, 0.3) is 0 Å². The zero-order valence-corrected chi connectivity index (χ0v) is 9.99. The summed E-state index contributed by atoms with van der Waals surface area (Å²) in [5.41, 5.74) is -0.235. The topological polar surface area (TPSA) is 50.8 Å². The average molecular weight is 228 g/mol. The van der Waals surface area contributed by atoms with Crippen molar-refractivity contribution in [1.29, 1.82) is 0 Å². The number of carbonyl (C=O) groups excluding carboxylic acids is 1. The van der Waals surface area contributed by atoms with Crippen LogP contribution in [0.1, 0.15) is 12.8 Å². The summed E-state index contributed by atoms with van der Waals surface area (Å²) in [6.07, 6.45) is 1.78. The van der Waals surface area contributed by atoms with Crippen molar-refractivity contribution >= 4 is 5.91 Å². The molecule has 2 heterocycles. The Balaban J connectivity index is 1.84. The van der Waals surface area contributed by atoms with Gasteiger partial charge in [-0.1, -0.05) is 0 Å². The van der Waals surface area contributed by atoms with Crippen molar-refractivity contribution < 1.29 is 14.3 Å². The Kier molecular flexibility index (Phi) is 3.47. The van der Waals surface area contributed by atoms with Crippen LogP contribution < -0.4 is 5.32 Å². The summed E-state index contributed by atoms with van der Waals surface area (Å²) in [7, 11) is 3.55. The molecule has 0 aromatic rings. The normalized spacial score (nSPS) is 35.0. The highest BCUT2D eigenvalue weighted by Crippen LogP contribution is 2.22. The molecule has 92 valence electrons. The minimum atomic E-state index is -0.235. The van der Waals surface area contributed by atoms with E-state index in [0.717, 1.165) is 26.0 Å². The van der Waals surface area contributed by atoms with Crippen molar-refractivity contribution in [2.75, 3.05) is 40.5 Å². The van der Waals surface area contributed by atoms with Crippen LogP contribution in [0.5, 0.6) is 0 Å². The van der Waals surface area contributed by atoms with Crippen LogP contribution >= 0.6 is 0 Å². The van der Waals surface area contributed by atoms with Gasteiger partial charge in [-0.05, 0) is 6.42 Å². The second-order valence-electron chi connectivity index (χ2n) is 4.67. The highest BCUT2D eigenvalue weighted by atomic mass is 16.5. The van der Waals surface area contributed by atoms with Gasteiger partial charge < -0.3 is 19.7 Å². The first-order valence-electron chi connectivity index (χ1n) is 5.78. The third-order valence-corrected chi connectivity index (χ3v) is 3.60. The fourth-order valence-corrected chi connectivity index (χ4v) is 2.28. The maximum absolute atomic E-state index is 11.7. The largest absolute Gasteiger partial charge is 0.378 e. The zero-order chi connectivity index (χ0) is 11.6. The Morgan fingerprint density at radius 1 is 1.69 bits per heavy atom. The highest BCUT2D eigenvalue weighted by molar-refractivity contribution is 5.83. The van der Waals surface area contributed by atoms with Crippen LogP contribution in [-0.4, -0.2) is 62.9 Å². The molecule has 0 spiro atoms. The lowest BCUT2D eigenvalue weighted by atomic mass is 10.0. The fraction of sp³-hybridized carbons (Fsp3) is 0.909. The second-order valence-corrected chi connectivity index (χ2v) is 4.67. The van der Waals surface area contributed by atoms with Gasteiger partial charge in [-0.3, -0.25) is 4.79 Å². The van der Waals surface area contributed by atoms with E-state index >= 15 is 0 Å². The molecule has 2 aliphatic heterocycles. The van der Waals surface area contributed by atoms with Gasteiger partial charge in [0.05, 0.1) is 12.6 Å². The van der Waals surface area contributed by atoms with Crippen LogP contribution in [0.2, 0.25) is 0 Å². The molecule has 0 aliphatic carbocycles. The van der Waals surface area contributed by atoms with Crippen molar-refractivity contribution in [2.45, 2.75) is 24.5 Å². The Bertz CT molecular complexity index is 264. The van der Waals surface area contributed by atoms with Gasteiger partial charge in [0.1, 0.15) is 5.60 Å². The molecule has 0 saturated carbocycles. The van der Waals surface area contributed by atoms with Crippen molar-refractivity contribution in [3.8, 4) is 0 Å². The zero-order valence-electron chi connectivity index (χ0n) is 9.99. The third kappa shape index (κ3) is 2.21. The van der Waals surface area contributed by atoms with Crippen molar-refractivity contribution in [1.82, 2.24) is 10.2 Å². The number of nitrogens with zero attached hydrogens (tertiary/aromatic N) is 1. The standard InChI is InChI=1S/C11H20N2O3/c1-13-5-3-9(10(13)14)12-7-11(15-2)4-6-16-8-11/h9,12H,3-8H2,1-2H3. The molecule has 1 amide bonds. The summed E-state index contributed by atoms with van der Waals surface area (Å²) in [5, 5.41) is 3.30. The van der Waals surface area contributed by atoms with Gasteiger partial charge in [-0.25, -0.2) is 0 Å². The average Bonchev–Trinajstić information content (AvgIpc) is 2.87. The molecule has 2 fully saturated rings. The van der Waals surface area contributed by atoms with Crippen LogP contribution in [0, 0.1) is 0 Å². The molecule has 0 aromatic heterocycles. The van der Waals surface area contributed by atoms with E-state index in [0.29, 0.717) is 13.2 Å². The van der Waals surface area contributed by atoms with Crippen LogP contribution in [0.25, 0.3) is 0 Å². The Labute approximate surface area is 96.1 Å². The van der Waals surface area contributed by atoms with Gasteiger partial charge >= 0.3 is 0 Å². The Morgan fingerprint density at radius 3 is 3.00 bits per heavy atom. The molecular weight excluding hydrogens is 208 g/mol. The summed E-state index contributed by atoms with van der Waals surface area (Å²) >= 11 is 0. The molecule has 1 N–H and O–H groups in total. The number of amides is 1. The number of methoxy groups -OCH3 is 1. The molecular formula is C11H20N2O3. The first-order valence-corrected chi connectivity index (χ1v) is 5.78. The minimum absolute atomic E-state index is 0.0439. The number of ether oxygens (including phenoxy) is 2. The van der Waals surface area contributed by atoms with Gasteiger partial charge in [-0.15, -0.1) is 0 Å². The number of nitrogens with one attached hydrogen (secondary N) is 1. The fourth-order valence-electron chi connectivity index (χ4n) is 2.28. The molecule has 16 heavy (non-hydrogen) atoms. The Hall–Kier alpha value is -0.650. The van der Waals surface area contributed by atoms with E-state index in [1.165, 1.54) is 0 Å². The van der Waals surface area contributed by atoms with E-state index < -0.39 is 0 Å². The summed E-state index contributed by atoms with van der Waals surface area (Å²) in [6.45, 7) is 2.89. The number of hydrogen-bond acceptors (Lipinski definition) is 4. The number of likely N-dealkylation sites (N-methyl/N-ethyl adjacent to an activating group) is 1. The lowest BCUT2D eigenvalue weighted by molar-refractivity contribution is -0.128. The maximum Gasteiger partial charge on any atom is 0.239 e. The van der Waals surface area contributed by atoms with Crippen molar-refractivity contribution in [3.05, 3.63) is 0 Å². The predicted octanol–water partition coefficient (Wildman–Crippen LogP) is -0.388. The summed E-state index contributed by atoms with van der Waals surface area (Å²) in [4.78, 5) is 13.5. The number of hydrogen-bond donors (Lipinski definition) is 1. The van der Waals surface area contributed by atoms with Crippen LogP contribution in [0.15, 0.2) is 0 Å². The van der Waals surface area contributed by atoms with Gasteiger partial charge in [0, 0.05) is 40.3 Å². The van der Waals surface area contributed by atoms with Crippen LogP contribution in [0.4, 0.5) is 0 Å². The first kappa shape index (κ1) is 11.8. The highest BCUT2D eigenvalue weighted by Gasteiger charge is 2.37. The quantitative estimate of drug-likeness (QED) is 0.712. The predicted molar refractivity (Wildman–Crippen MR) is 59.2 cm³/mol. The number of rotatable bonds is 4. The minimum Gasteiger partial charge on any atom is -0.378 e. The van der Waals surface area contributed by atoms with Gasteiger partial charge in [0.2, 0.25) is 5.91 Å². The van der Waals surface area contributed by atoms with Crippen molar-refractivity contribution in [2.24, 2.45) is 0 Å². The molecule has 0 aromatic carbocycles.